The lowest BCUT2D eigenvalue weighted by Crippen LogP contribution is -2.66. The van der Waals surface area contributed by atoms with E-state index in [-0.39, 0.29) is 28.8 Å². The standard InChI is InChI=1S/C20H37NO4Si2/c1-13(2)26(14(3)4)23-12-20(21-10)17(9)18(22)11-19(20)24-27(25-26,15(5)6)16(7)8/h13-16,18-19,22H,9,11-12H2,1-8H3/t18-,19+,20-/m1/s1. The fraction of sp³-hybridized carbons (Fsp3) is 0.850. The lowest BCUT2D eigenvalue weighted by Gasteiger charge is -2.51. The second-order valence-electron chi connectivity index (χ2n) is 9.37. The Morgan fingerprint density at radius 2 is 1.52 bits per heavy atom. The first kappa shape index (κ1) is 22.8. The first-order valence-corrected chi connectivity index (χ1v) is 14.1. The smallest absolute Gasteiger partial charge is 0.335 e. The second-order valence-corrected chi connectivity index (χ2v) is 18.2. The van der Waals surface area contributed by atoms with E-state index in [0.29, 0.717) is 12.0 Å². The molecule has 27 heavy (non-hydrogen) atoms. The molecule has 1 saturated heterocycles. The number of aliphatic hydroxyl groups excluding tert-OH is 1. The van der Waals surface area contributed by atoms with Crippen molar-refractivity contribution in [2.24, 2.45) is 0 Å². The van der Waals surface area contributed by atoms with E-state index >= 15 is 0 Å². The average molecular weight is 412 g/mol. The third kappa shape index (κ3) is 3.39. The Morgan fingerprint density at radius 3 is 1.93 bits per heavy atom. The van der Waals surface area contributed by atoms with Crippen LogP contribution in [0.5, 0.6) is 0 Å². The summed E-state index contributed by atoms with van der Waals surface area (Å²) in [7, 11) is -5.43. The zero-order chi connectivity index (χ0) is 20.8. The van der Waals surface area contributed by atoms with Crippen LogP contribution in [0, 0.1) is 6.57 Å². The highest BCUT2D eigenvalue weighted by atomic mass is 28.5. The van der Waals surface area contributed by atoms with Crippen LogP contribution in [0.1, 0.15) is 61.8 Å². The summed E-state index contributed by atoms with van der Waals surface area (Å²) >= 11 is 0. The van der Waals surface area contributed by atoms with Gasteiger partial charge in [0.1, 0.15) is 12.7 Å². The average Bonchev–Trinajstić information content (AvgIpc) is 2.78. The van der Waals surface area contributed by atoms with E-state index in [4.69, 9.17) is 19.5 Å². The Balaban J connectivity index is 2.70. The molecule has 2 rings (SSSR count). The van der Waals surface area contributed by atoms with Gasteiger partial charge in [0.2, 0.25) is 0 Å². The first-order chi connectivity index (χ1) is 12.4. The molecule has 0 spiro atoms. The normalized spacial score (nSPS) is 33.3. The Labute approximate surface area is 167 Å². The van der Waals surface area contributed by atoms with Gasteiger partial charge in [-0.05, 0) is 22.2 Å². The summed E-state index contributed by atoms with van der Waals surface area (Å²) in [6, 6.07) is 0. The van der Waals surface area contributed by atoms with Crippen LogP contribution < -0.4 is 0 Å². The molecular weight excluding hydrogens is 374 g/mol. The van der Waals surface area contributed by atoms with Crippen LogP contribution in [0.25, 0.3) is 4.85 Å². The van der Waals surface area contributed by atoms with E-state index in [1.165, 1.54) is 0 Å². The predicted octanol–water partition coefficient (Wildman–Crippen LogP) is 4.92. The fourth-order valence-corrected chi connectivity index (χ4v) is 16.0. The van der Waals surface area contributed by atoms with Crippen LogP contribution in [0.2, 0.25) is 22.2 Å². The molecule has 2 fully saturated rings. The van der Waals surface area contributed by atoms with Gasteiger partial charge in [0.05, 0.1) is 6.10 Å². The van der Waals surface area contributed by atoms with Crippen molar-refractivity contribution >= 4 is 17.1 Å². The van der Waals surface area contributed by atoms with Crippen LogP contribution in [-0.4, -0.2) is 46.6 Å². The van der Waals surface area contributed by atoms with Gasteiger partial charge in [-0.3, -0.25) is 0 Å². The molecule has 0 amide bonds. The Kier molecular flexibility index (Phi) is 6.53. The molecule has 1 saturated carbocycles. The van der Waals surface area contributed by atoms with Crippen molar-refractivity contribution in [2.45, 2.75) is 102 Å². The van der Waals surface area contributed by atoms with Crippen LogP contribution in [0.3, 0.4) is 0 Å². The van der Waals surface area contributed by atoms with Crippen LogP contribution in [0.15, 0.2) is 12.2 Å². The van der Waals surface area contributed by atoms with Gasteiger partial charge in [-0.25, -0.2) is 6.57 Å². The van der Waals surface area contributed by atoms with E-state index in [9.17, 15) is 5.11 Å². The molecule has 154 valence electrons. The number of hydrogen-bond donors (Lipinski definition) is 1. The maximum Gasteiger partial charge on any atom is 0.335 e. The molecule has 2 aliphatic rings. The summed E-state index contributed by atoms with van der Waals surface area (Å²) < 4.78 is 20.6. The van der Waals surface area contributed by atoms with Gasteiger partial charge in [0, 0.05) is 12.0 Å². The summed E-state index contributed by atoms with van der Waals surface area (Å²) in [4.78, 5) is 3.97. The fourth-order valence-electron chi connectivity index (χ4n) is 4.70. The van der Waals surface area contributed by atoms with E-state index in [1.807, 2.05) is 0 Å². The number of fused-ring (bicyclic) bond motifs is 1. The van der Waals surface area contributed by atoms with E-state index in [2.05, 4.69) is 66.8 Å². The van der Waals surface area contributed by atoms with Crippen molar-refractivity contribution in [1.29, 1.82) is 0 Å². The predicted molar refractivity (Wildman–Crippen MR) is 113 cm³/mol. The van der Waals surface area contributed by atoms with Crippen molar-refractivity contribution in [3.8, 4) is 0 Å². The Hall–Kier alpha value is -0.496. The summed E-state index contributed by atoms with van der Waals surface area (Å²) in [5.41, 5.74) is 0.382. The molecule has 0 radical (unpaired) electrons. The molecule has 1 aliphatic heterocycles. The number of rotatable bonds is 4. The largest absolute Gasteiger partial charge is 0.414 e. The van der Waals surface area contributed by atoms with Crippen LogP contribution >= 0.6 is 0 Å². The highest BCUT2D eigenvalue weighted by Crippen LogP contribution is 2.51. The van der Waals surface area contributed by atoms with Crippen molar-refractivity contribution in [1.82, 2.24) is 0 Å². The summed E-state index contributed by atoms with van der Waals surface area (Å²) in [5.74, 6) is 0. The quantitative estimate of drug-likeness (QED) is 0.405. The number of aliphatic hydroxyl groups is 1. The highest BCUT2D eigenvalue weighted by Gasteiger charge is 2.67. The Bertz CT molecular complexity index is 598. The number of nitrogens with zero attached hydrogens (tertiary/aromatic N) is 1. The third-order valence-electron chi connectivity index (χ3n) is 6.51. The molecule has 1 aliphatic carbocycles. The molecule has 0 unspecified atom stereocenters. The molecule has 0 aromatic rings. The van der Waals surface area contributed by atoms with Crippen molar-refractivity contribution in [2.75, 3.05) is 6.61 Å². The van der Waals surface area contributed by atoms with Crippen molar-refractivity contribution in [3.63, 3.8) is 0 Å². The maximum absolute atomic E-state index is 10.5. The lowest BCUT2D eigenvalue weighted by molar-refractivity contribution is 0.0406. The highest BCUT2D eigenvalue weighted by molar-refractivity contribution is 6.84. The molecule has 1 heterocycles. The Morgan fingerprint density at radius 1 is 1.04 bits per heavy atom. The van der Waals surface area contributed by atoms with Crippen LogP contribution in [0.4, 0.5) is 0 Å². The summed E-state index contributed by atoms with van der Waals surface area (Å²) in [6.07, 6.45) is -0.772. The van der Waals surface area contributed by atoms with Gasteiger partial charge in [-0.15, -0.1) is 0 Å². The summed E-state index contributed by atoms with van der Waals surface area (Å²) in [6.45, 7) is 29.5. The molecule has 5 nitrogen and oxygen atoms in total. The molecule has 3 atom stereocenters. The summed E-state index contributed by atoms with van der Waals surface area (Å²) in [5, 5.41) is 10.5. The second kappa shape index (κ2) is 7.73. The molecule has 0 bridgehead atoms. The maximum atomic E-state index is 10.5. The van der Waals surface area contributed by atoms with Gasteiger partial charge in [-0.2, -0.15) is 0 Å². The van der Waals surface area contributed by atoms with Crippen molar-refractivity contribution < 1.29 is 18.1 Å². The lowest BCUT2D eigenvalue weighted by atomic mass is 9.93. The van der Waals surface area contributed by atoms with E-state index < -0.39 is 34.9 Å². The van der Waals surface area contributed by atoms with Gasteiger partial charge >= 0.3 is 22.7 Å². The topological polar surface area (TPSA) is 52.3 Å². The van der Waals surface area contributed by atoms with E-state index in [0.717, 1.165) is 0 Å². The van der Waals surface area contributed by atoms with Gasteiger partial charge < -0.3 is 22.9 Å². The molecule has 7 heteroatoms. The van der Waals surface area contributed by atoms with Crippen molar-refractivity contribution in [3.05, 3.63) is 23.6 Å². The van der Waals surface area contributed by atoms with E-state index in [1.54, 1.807) is 0 Å². The minimum Gasteiger partial charge on any atom is -0.414 e. The molecule has 0 aromatic heterocycles. The van der Waals surface area contributed by atoms with Gasteiger partial charge in [0.25, 0.3) is 0 Å². The van der Waals surface area contributed by atoms with Gasteiger partial charge in [-0.1, -0.05) is 62.0 Å². The molecule has 0 aromatic carbocycles. The van der Waals surface area contributed by atoms with Gasteiger partial charge in [0.15, 0.2) is 0 Å². The monoisotopic (exact) mass is 411 g/mol. The zero-order valence-electron chi connectivity index (χ0n) is 18.2. The molecular formula is C20H37NO4Si2. The SMILES string of the molecule is [C-]#[N+][C@@]12CO[Si](C(C)C)(C(C)C)O[Si](C(C)C)(C(C)C)O[C@H]1C[C@@H](O)C2=C. The third-order valence-corrected chi connectivity index (χ3v) is 16.7. The molecule has 1 N–H and O–H groups in total. The number of hydrogen-bond acceptors (Lipinski definition) is 4. The first-order valence-electron chi connectivity index (χ1n) is 10.2. The minimum atomic E-state index is -2.75. The zero-order valence-corrected chi connectivity index (χ0v) is 20.2. The minimum absolute atomic E-state index is 0.195. The van der Waals surface area contributed by atoms with Crippen LogP contribution in [-0.2, 0) is 13.0 Å².